The highest BCUT2D eigenvalue weighted by molar-refractivity contribution is 5.59. The van der Waals surface area contributed by atoms with Crippen LogP contribution in [-0.4, -0.2) is 18.1 Å². The molecule has 5 heteroatoms. The van der Waals surface area contributed by atoms with Crippen molar-refractivity contribution in [3.05, 3.63) is 47.7 Å². The van der Waals surface area contributed by atoms with Crippen LogP contribution in [0.3, 0.4) is 0 Å². The van der Waals surface area contributed by atoms with Crippen LogP contribution in [0.15, 0.2) is 36.4 Å². The lowest BCUT2D eigenvalue weighted by Crippen LogP contribution is -2.10. The molecule has 1 heterocycles. The third kappa shape index (κ3) is 3.70. The maximum absolute atomic E-state index is 8.96. The molecule has 0 fully saturated rings. The van der Waals surface area contributed by atoms with Crippen LogP contribution in [0.4, 0.5) is 11.5 Å². The van der Waals surface area contributed by atoms with E-state index >= 15 is 0 Å². The number of nitrogens with zero attached hydrogens (tertiary/aromatic N) is 2. The largest absolute Gasteiger partial charge is 0.492 e. The molecule has 0 spiro atoms. The van der Waals surface area contributed by atoms with Gasteiger partial charge < -0.3 is 15.8 Å². The summed E-state index contributed by atoms with van der Waals surface area (Å²) in [6.07, 6.45) is 0. The van der Waals surface area contributed by atoms with Crippen molar-refractivity contribution in [1.29, 1.82) is 5.26 Å². The van der Waals surface area contributed by atoms with Gasteiger partial charge in [0.1, 0.15) is 18.2 Å². The molecule has 2 rings (SSSR count). The first-order valence-corrected chi connectivity index (χ1v) is 6.30. The highest BCUT2D eigenvalue weighted by atomic mass is 16.5. The lowest BCUT2D eigenvalue weighted by molar-refractivity contribution is 0.328. The molecule has 0 aliphatic carbocycles. The minimum absolute atomic E-state index is 0.475. The number of ether oxygens (including phenoxy) is 1. The molecule has 0 aliphatic rings. The van der Waals surface area contributed by atoms with Gasteiger partial charge in [0, 0.05) is 24.0 Å². The molecule has 20 heavy (non-hydrogen) atoms. The Morgan fingerprint density at radius 1 is 1.35 bits per heavy atom. The fourth-order valence-corrected chi connectivity index (χ4v) is 1.79. The van der Waals surface area contributed by atoms with E-state index in [-0.39, 0.29) is 0 Å². The molecule has 1 aromatic heterocycles. The van der Waals surface area contributed by atoms with Gasteiger partial charge in [0.05, 0.1) is 11.6 Å². The van der Waals surface area contributed by atoms with E-state index in [2.05, 4.69) is 16.4 Å². The summed E-state index contributed by atoms with van der Waals surface area (Å²) in [6.45, 7) is 2.81. The number of aromatic nitrogens is 1. The summed E-state index contributed by atoms with van der Waals surface area (Å²) in [5.41, 5.74) is 7.63. The van der Waals surface area contributed by atoms with Crippen LogP contribution in [0.1, 0.15) is 11.3 Å². The molecule has 5 nitrogen and oxygen atoms in total. The van der Waals surface area contributed by atoms with Crippen LogP contribution >= 0.6 is 0 Å². The minimum atomic E-state index is 0.475. The first-order valence-electron chi connectivity index (χ1n) is 6.30. The van der Waals surface area contributed by atoms with E-state index in [1.54, 1.807) is 12.1 Å². The molecule has 2 aromatic rings. The van der Waals surface area contributed by atoms with Gasteiger partial charge in [-0.2, -0.15) is 5.26 Å². The van der Waals surface area contributed by atoms with Gasteiger partial charge >= 0.3 is 0 Å². The van der Waals surface area contributed by atoms with Crippen molar-refractivity contribution in [3.8, 4) is 11.8 Å². The van der Waals surface area contributed by atoms with E-state index in [0.29, 0.717) is 24.5 Å². The number of nitriles is 1. The highest BCUT2D eigenvalue weighted by Crippen LogP contribution is 2.21. The van der Waals surface area contributed by atoms with Gasteiger partial charge in [0.15, 0.2) is 0 Å². The van der Waals surface area contributed by atoms with Gasteiger partial charge in [0.25, 0.3) is 0 Å². The molecule has 3 N–H and O–H groups in total. The standard InChI is InChI=1S/C15H16N4O/c1-11-7-12(10-17)8-15(18-11)19-13-3-2-4-14(9-13)20-6-5-16/h2-4,7-9H,5-6,16H2,1H3,(H,18,19). The monoisotopic (exact) mass is 268 g/mol. The zero-order valence-corrected chi connectivity index (χ0v) is 11.3. The van der Waals surface area contributed by atoms with Crippen molar-refractivity contribution in [3.63, 3.8) is 0 Å². The zero-order valence-electron chi connectivity index (χ0n) is 11.3. The third-order valence-corrected chi connectivity index (χ3v) is 2.58. The summed E-state index contributed by atoms with van der Waals surface area (Å²) in [6, 6.07) is 13.1. The molecule has 102 valence electrons. The molecule has 0 saturated carbocycles. The Hall–Kier alpha value is -2.58. The fourth-order valence-electron chi connectivity index (χ4n) is 1.79. The van der Waals surface area contributed by atoms with E-state index in [1.165, 1.54) is 0 Å². The zero-order chi connectivity index (χ0) is 14.4. The van der Waals surface area contributed by atoms with E-state index < -0.39 is 0 Å². The lowest BCUT2D eigenvalue weighted by Gasteiger charge is -2.09. The van der Waals surface area contributed by atoms with E-state index in [9.17, 15) is 0 Å². The molecule has 0 atom stereocenters. The van der Waals surface area contributed by atoms with Gasteiger partial charge in [-0.15, -0.1) is 0 Å². The number of nitrogens with one attached hydrogen (secondary N) is 1. The lowest BCUT2D eigenvalue weighted by atomic mass is 10.2. The maximum atomic E-state index is 8.96. The average Bonchev–Trinajstić information content (AvgIpc) is 2.45. The van der Waals surface area contributed by atoms with Crippen LogP contribution in [0.5, 0.6) is 5.75 Å². The molecule has 0 saturated heterocycles. The minimum Gasteiger partial charge on any atom is -0.492 e. The molecule has 0 radical (unpaired) electrons. The predicted octanol–water partition coefficient (Wildman–Crippen LogP) is 2.34. The Morgan fingerprint density at radius 3 is 2.95 bits per heavy atom. The quantitative estimate of drug-likeness (QED) is 0.869. The molecular formula is C15H16N4O. The van der Waals surface area contributed by atoms with Crippen molar-refractivity contribution < 1.29 is 4.74 Å². The number of hydrogen-bond donors (Lipinski definition) is 2. The van der Waals surface area contributed by atoms with Crippen molar-refractivity contribution in [2.45, 2.75) is 6.92 Å². The van der Waals surface area contributed by atoms with Crippen molar-refractivity contribution in [2.75, 3.05) is 18.5 Å². The second-order valence-corrected chi connectivity index (χ2v) is 4.28. The molecule has 0 aliphatic heterocycles. The molecule has 0 bridgehead atoms. The Labute approximate surface area is 118 Å². The topological polar surface area (TPSA) is 84.0 Å². The summed E-state index contributed by atoms with van der Waals surface area (Å²) in [4.78, 5) is 4.35. The van der Waals surface area contributed by atoms with E-state index in [0.717, 1.165) is 17.1 Å². The summed E-state index contributed by atoms with van der Waals surface area (Å²) < 4.78 is 5.46. The van der Waals surface area contributed by atoms with Crippen LogP contribution in [0.25, 0.3) is 0 Å². The average molecular weight is 268 g/mol. The Morgan fingerprint density at radius 2 is 2.20 bits per heavy atom. The molecular weight excluding hydrogens is 252 g/mol. The summed E-state index contributed by atoms with van der Waals surface area (Å²) in [7, 11) is 0. The molecule has 1 aromatic carbocycles. The van der Waals surface area contributed by atoms with Gasteiger partial charge in [-0.25, -0.2) is 4.98 Å². The van der Waals surface area contributed by atoms with Gasteiger partial charge in [-0.1, -0.05) is 6.07 Å². The van der Waals surface area contributed by atoms with Crippen LogP contribution in [0, 0.1) is 18.3 Å². The van der Waals surface area contributed by atoms with E-state index in [1.807, 2.05) is 31.2 Å². The van der Waals surface area contributed by atoms with Crippen molar-refractivity contribution >= 4 is 11.5 Å². The van der Waals surface area contributed by atoms with Crippen LogP contribution in [-0.2, 0) is 0 Å². The smallest absolute Gasteiger partial charge is 0.131 e. The van der Waals surface area contributed by atoms with Gasteiger partial charge in [0.2, 0.25) is 0 Å². The van der Waals surface area contributed by atoms with Crippen molar-refractivity contribution in [1.82, 2.24) is 4.98 Å². The second-order valence-electron chi connectivity index (χ2n) is 4.28. The number of hydrogen-bond acceptors (Lipinski definition) is 5. The first-order chi connectivity index (χ1) is 9.71. The van der Waals surface area contributed by atoms with Gasteiger partial charge in [-0.05, 0) is 31.2 Å². The maximum Gasteiger partial charge on any atom is 0.131 e. The Bertz CT molecular complexity index is 634. The highest BCUT2D eigenvalue weighted by Gasteiger charge is 2.02. The molecule has 0 amide bonds. The van der Waals surface area contributed by atoms with Gasteiger partial charge in [-0.3, -0.25) is 0 Å². The number of rotatable bonds is 5. The summed E-state index contributed by atoms with van der Waals surface area (Å²) >= 11 is 0. The second kappa shape index (κ2) is 6.55. The van der Waals surface area contributed by atoms with E-state index in [4.69, 9.17) is 15.7 Å². The van der Waals surface area contributed by atoms with Crippen LogP contribution < -0.4 is 15.8 Å². The normalized spacial score (nSPS) is 9.85. The number of pyridine rings is 1. The Kier molecular flexibility index (Phi) is 4.53. The predicted molar refractivity (Wildman–Crippen MR) is 78.0 cm³/mol. The number of anilines is 2. The Balaban J connectivity index is 2.17. The summed E-state index contributed by atoms with van der Waals surface area (Å²) in [5, 5.41) is 12.1. The fraction of sp³-hybridized carbons (Fsp3) is 0.200. The third-order valence-electron chi connectivity index (χ3n) is 2.58. The van der Waals surface area contributed by atoms with Crippen LogP contribution in [0.2, 0.25) is 0 Å². The number of aryl methyl sites for hydroxylation is 1. The number of benzene rings is 1. The first kappa shape index (κ1) is 13.8. The molecule has 0 unspecified atom stereocenters. The SMILES string of the molecule is Cc1cc(C#N)cc(Nc2cccc(OCCN)c2)n1. The number of nitrogens with two attached hydrogens (primary N) is 1. The summed E-state index contributed by atoms with van der Waals surface area (Å²) in [5.74, 6) is 1.38. The van der Waals surface area contributed by atoms with Crippen molar-refractivity contribution in [2.24, 2.45) is 5.73 Å².